The molecule has 2 aromatic rings. The van der Waals surface area contributed by atoms with E-state index >= 15 is 0 Å². The van der Waals surface area contributed by atoms with Crippen LogP contribution in [0.3, 0.4) is 0 Å². The molecule has 3 rings (SSSR count). The number of carbonyl (C=O) groups excluding carboxylic acids is 1. The lowest BCUT2D eigenvalue weighted by Gasteiger charge is -2.32. The van der Waals surface area contributed by atoms with Crippen LogP contribution in [0.4, 0.5) is 0 Å². The van der Waals surface area contributed by atoms with E-state index < -0.39 is 11.9 Å². The number of aromatic carboxylic acids is 1. The van der Waals surface area contributed by atoms with E-state index in [1.165, 1.54) is 12.1 Å². The van der Waals surface area contributed by atoms with Gasteiger partial charge in [-0.15, -0.1) is 0 Å². The van der Waals surface area contributed by atoms with E-state index in [9.17, 15) is 9.59 Å². The first-order valence-electron chi connectivity index (χ1n) is 7.87. The van der Waals surface area contributed by atoms with Gasteiger partial charge in [-0.3, -0.25) is 4.79 Å². The van der Waals surface area contributed by atoms with Gasteiger partial charge in [0.05, 0.1) is 6.04 Å². The number of aryl methyl sites for hydroxylation is 1. The number of ether oxygens (including phenoxy) is 1. The Kier molecular flexibility index (Phi) is 4.66. The van der Waals surface area contributed by atoms with Gasteiger partial charge < -0.3 is 19.6 Å². The van der Waals surface area contributed by atoms with Gasteiger partial charge in [0, 0.05) is 6.61 Å². The maximum Gasteiger partial charge on any atom is 0.371 e. The largest absolute Gasteiger partial charge is 0.475 e. The fraction of sp³-hybridized carbons (Fsp3) is 0.333. The molecule has 1 amide bonds. The number of amides is 1. The van der Waals surface area contributed by atoms with Gasteiger partial charge in [0.15, 0.2) is 5.76 Å². The van der Waals surface area contributed by atoms with Crippen LogP contribution >= 0.6 is 0 Å². The molecule has 1 aliphatic heterocycles. The molecular formula is C18H19NO5. The summed E-state index contributed by atoms with van der Waals surface area (Å²) in [6.45, 7) is 2.66. The van der Waals surface area contributed by atoms with E-state index in [0.29, 0.717) is 6.61 Å². The number of carboxylic acids is 1. The predicted molar refractivity (Wildman–Crippen MR) is 86.0 cm³/mol. The third-order valence-electron chi connectivity index (χ3n) is 4.09. The van der Waals surface area contributed by atoms with E-state index in [1.54, 1.807) is 0 Å². The standard InChI is InChI=1S/C18H19NO5/c1-11-4-6-12(7-5-11)16-13(3-2-10-23-16)19-17(20)14-8-9-15(24-14)18(21)22/h4-9,13,16H,2-3,10H2,1H3,(H,19,20)(H,21,22). The maximum absolute atomic E-state index is 12.3. The monoisotopic (exact) mass is 329 g/mol. The molecule has 24 heavy (non-hydrogen) atoms. The van der Waals surface area contributed by atoms with E-state index in [-0.39, 0.29) is 23.7 Å². The van der Waals surface area contributed by atoms with E-state index in [4.69, 9.17) is 14.3 Å². The lowest BCUT2D eigenvalue weighted by molar-refractivity contribution is -0.00974. The number of hydrogen-bond acceptors (Lipinski definition) is 4. The summed E-state index contributed by atoms with van der Waals surface area (Å²) in [7, 11) is 0. The van der Waals surface area contributed by atoms with Crippen molar-refractivity contribution in [1.29, 1.82) is 0 Å². The van der Waals surface area contributed by atoms with Crippen molar-refractivity contribution in [1.82, 2.24) is 5.32 Å². The Morgan fingerprint density at radius 2 is 1.83 bits per heavy atom. The zero-order chi connectivity index (χ0) is 17.1. The number of nitrogens with one attached hydrogen (secondary N) is 1. The highest BCUT2D eigenvalue weighted by molar-refractivity contribution is 5.93. The molecule has 6 heteroatoms. The molecule has 0 aliphatic carbocycles. The summed E-state index contributed by atoms with van der Waals surface area (Å²) in [5.74, 6) is -1.90. The van der Waals surface area contributed by atoms with Gasteiger partial charge in [0.2, 0.25) is 5.76 Å². The molecule has 0 saturated carbocycles. The van der Waals surface area contributed by atoms with Gasteiger partial charge in [-0.2, -0.15) is 0 Å². The molecule has 0 radical (unpaired) electrons. The molecule has 0 bridgehead atoms. The molecular weight excluding hydrogens is 310 g/mol. The number of carboxylic acid groups (broad SMARTS) is 1. The summed E-state index contributed by atoms with van der Waals surface area (Å²) < 4.78 is 10.9. The van der Waals surface area contributed by atoms with Crippen LogP contribution in [0.2, 0.25) is 0 Å². The van der Waals surface area contributed by atoms with E-state index in [2.05, 4.69) is 5.32 Å². The Morgan fingerprint density at radius 1 is 1.12 bits per heavy atom. The van der Waals surface area contributed by atoms with Crippen molar-refractivity contribution in [2.45, 2.75) is 31.9 Å². The minimum atomic E-state index is -1.20. The first-order valence-corrected chi connectivity index (χ1v) is 7.87. The van der Waals surface area contributed by atoms with Crippen LogP contribution < -0.4 is 5.32 Å². The molecule has 2 N–H and O–H groups in total. The molecule has 6 nitrogen and oxygen atoms in total. The third-order valence-corrected chi connectivity index (χ3v) is 4.09. The van der Waals surface area contributed by atoms with Crippen molar-refractivity contribution >= 4 is 11.9 Å². The molecule has 0 spiro atoms. The van der Waals surface area contributed by atoms with Crippen LogP contribution in [-0.2, 0) is 4.74 Å². The second-order valence-electron chi connectivity index (χ2n) is 5.89. The fourth-order valence-corrected chi connectivity index (χ4v) is 2.83. The Hall–Kier alpha value is -2.60. The highest BCUT2D eigenvalue weighted by Crippen LogP contribution is 2.29. The highest BCUT2D eigenvalue weighted by atomic mass is 16.5. The summed E-state index contributed by atoms with van der Waals surface area (Å²) in [6, 6.07) is 10.5. The molecule has 2 atom stereocenters. The van der Waals surface area contributed by atoms with Gasteiger partial charge >= 0.3 is 5.97 Å². The van der Waals surface area contributed by atoms with Crippen molar-refractivity contribution in [2.75, 3.05) is 6.61 Å². The van der Waals surface area contributed by atoms with Crippen LogP contribution in [0.25, 0.3) is 0 Å². The van der Waals surface area contributed by atoms with E-state index in [0.717, 1.165) is 24.0 Å². The molecule has 1 aromatic heterocycles. The second-order valence-corrected chi connectivity index (χ2v) is 5.89. The Bertz CT molecular complexity index is 734. The smallest absolute Gasteiger partial charge is 0.371 e. The summed E-state index contributed by atoms with van der Waals surface area (Å²) in [4.78, 5) is 23.2. The summed E-state index contributed by atoms with van der Waals surface area (Å²) in [6.07, 6.45) is 1.42. The lowest BCUT2D eigenvalue weighted by atomic mass is 9.95. The summed E-state index contributed by atoms with van der Waals surface area (Å²) >= 11 is 0. The first-order chi connectivity index (χ1) is 11.5. The number of carbonyl (C=O) groups is 2. The van der Waals surface area contributed by atoms with Gasteiger partial charge in [-0.25, -0.2) is 4.79 Å². The number of benzene rings is 1. The minimum Gasteiger partial charge on any atom is -0.475 e. The van der Waals surface area contributed by atoms with Crippen LogP contribution in [-0.4, -0.2) is 29.6 Å². The quantitative estimate of drug-likeness (QED) is 0.900. The molecule has 2 unspecified atom stereocenters. The average molecular weight is 329 g/mol. The van der Waals surface area contributed by atoms with E-state index in [1.807, 2.05) is 31.2 Å². The SMILES string of the molecule is Cc1ccc(C2OCCCC2NC(=O)c2ccc(C(=O)O)o2)cc1. The van der Waals surface area contributed by atoms with Crippen molar-refractivity contribution in [3.05, 3.63) is 59.0 Å². The van der Waals surface area contributed by atoms with Crippen LogP contribution in [0, 0.1) is 6.92 Å². The Labute approximate surface area is 139 Å². The summed E-state index contributed by atoms with van der Waals surface area (Å²) in [5, 5.41) is 11.8. The molecule has 126 valence electrons. The van der Waals surface area contributed by atoms with Gasteiger partial charge in [-0.05, 0) is 37.5 Å². The number of rotatable bonds is 4. The molecule has 1 fully saturated rings. The zero-order valence-electron chi connectivity index (χ0n) is 13.3. The predicted octanol–water partition coefficient (Wildman–Crippen LogP) is 2.94. The first kappa shape index (κ1) is 16.3. The minimum absolute atomic E-state index is 0.0133. The normalized spacial score (nSPS) is 20.5. The average Bonchev–Trinajstić information content (AvgIpc) is 3.07. The van der Waals surface area contributed by atoms with Crippen LogP contribution in [0.1, 0.15) is 51.2 Å². The Morgan fingerprint density at radius 3 is 2.50 bits per heavy atom. The van der Waals surface area contributed by atoms with Crippen molar-refractivity contribution in [2.24, 2.45) is 0 Å². The molecule has 2 heterocycles. The third kappa shape index (κ3) is 3.49. The number of hydrogen-bond donors (Lipinski definition) is 2. The van der Waals surface area contributed by atoms with Crippen molar-refractivity contribution < 1.29 is 23.8 Å². The summed E-state index contributed by atoms with van der Waals surface area (Å²) in [5.41, 5.74) is 2.17. The topological polar surface area (TPSA) is 88.8 Å². The Balaban J connectivity index is 1.74. The van der Waals surface area contributed by atoms with Gasteiger partial charge in [0.25, 0.3) is 5.91 Å². The molecule has 1 aromatic carbocycles. The van der Waals surface area contributed by atoms with Gasteiger partial charge in [0.1, 0.15) is 6.10 Å². The van der Waals surface area contributed by atoms with Crippen LogP contribution in [0.5, 0.6) is 0 Å². The van der Waals surface area contributed by atoms with Crippen LogP contribution in [0.15, 0.2) is 40.8 Å². The maximum atomic E-state index is 12.3. The zero-order valence-corrected chi connectivity index (χ0v) is 13.3. The van der Waals surface area contributed by atoms with Crippen molar-refractivity contribution in [3.8, 4) is 0 Å². The lowest BCUT2D eigenvalue weighted by Crippen LogP contribution is -2.42. The molecule has 1 saturated heterocycles. The molecule has 1 aliphatic rings. The number of furan rings is 1. The fourth-order valence-electron chi connectivity index (χ4n) is 2.83. The van der Waals surface area contributed by atoms with Gasteiger partial charge in [-0.1, -0.05) is 29.8 Å². The van der Waals surface area contributed by atoms with Crippen molar-refractivity contribution in [3.63, 3.8) is 0 Å². The second kappa shape index (κ2) is 6.88. The highest BCUT2D eigenvalue weighted by Gasteiger charge is 2.30.